The fourth-order valence-corrected chi connectivity index (χ4v) is 3.26. The van der Waals surface area contributed by atoms with Crippen LogP contribution in [0.5, 0.6) is 5.75 Å². The summed E-state index contributed by atoms with van der Waals surface area (Å²) in [5.41, 5.74) is 6.34. The zero-order valence-corrected chi connectivity index (χ0v) is 12.3. The molecule has 0 saturated carbocycles. The lowest BCUT2D eigenvalue weighted by molar-refractivity contribution is -0.119. The van der Waals surface area contributed by atoms with E-state index in [1.54, 1.807) is 0 Å². The molecule has 2 heterocycles. The minimum atomic E-state index is -0.453. The molecule has 2 atom stereocenters. The van der Waals surface area contributed by atoms with Crippen molar-refractivity contribution in [1.82, 2.24) is 10.2 Å². The van der Waals surface area contributed by atoms with Crippen LogP contribution in [0.1, 0.15) is 24.8 Å². The zero-order valence-electron chi connectivity index (χ0n) is 12.3. The van der Waals surface area contributed by atoms with Gasteiger partial charge >= 0.3 is 0 Å². The van der Waals surface area contributed by atoms with Crippen molar-refractivity contribution in [2.75, 3.05) is 19.7 Å². The SMILES string of the molecule is NC(=O)COc1ccc(CN2CCC3CCC(C2)N3)cc1. The van der Waals surface area contributed by atoms with E-state index in [1.807, 2.05) is 12.1 Å². The molecule has 2 aliphatic heterocycles. The van der Waals surface area contributed by atoms with Crippen LogP contribution in [-0.2, 0) is 11.3 Å². The van der Waals surface area contributed by atoms with E-state index in [2.05, 4.69) is 22.3 Å². The Bertz CT molecular complexity index is 489. The molecule has 0 aliphatic carbocycles. The van der Waals surface area contributed by atoms with Crippen molar-refractivity contribution in [3.63, 3.8) is 0 Å². The number of nitrogens with two attached hydrogens (primary N) is 1. The molecule has 21 heavy (non-hydrogen) atoms. The summed E-state index contributed by atoms with van der Waals surface area (Å²) >= 11 is 0. The third-order valence-corrected chi connectivity index (χ3v) is 4.32. The molecule has 5 heteroatoms. The number of hydrogen-bond acceptors (Lipinski definition) is 4. The van der Waals surface area contributed by atoms with E-state index < -0.39 is 5.91 Å². The van der Waals surface area contributed by atoms with Crippen LogP contribution in [0.4, 0.5) is 0 Å². The normalized spacial score (nSPS) is 25.5. The fourth-order valence-electron chi connectivity index (χ4n) is 3.26. The van der Waals surface area contributed by atoms with E-state index in [0.717, 1.165) is 25.7 Å². The number of fused-ring (bicyclic) bond motifs is 2. The average Bonchev–Trinajstić information content (AvgIpc) is 2.81. The van der Waals surface area contributed by atoms with Gasteiger partial charge in [-0.2, -0.15) is 0 Å². The summed E-state index contributed by atoms with van der Waals surface area (Å²) in [7, 11) is 0. The van der Waals surface area contributed by atoms with Gasteiger partial charge in [-0.25, -0.2) is 0 Å². The summed E-state index contributed by atoms with van der Waals surface area (Å²) in [6.45, 7) is 3.20. The summed E-state index contributed by atoms with van der Waals surface area (Å²) in [6.07, 6.45) is 3.89. The Morgan fingerprint density at radius 3 is 2.76 bits per heavy atom. The number of ether oxygens (including phenoxy) is 1. The Balaban J connectivity index is 1.53. The van der Waals surface area contributed by atoms with Crippen LogP contribution in [0.2, 0.25) is 0 Å². The molecular formula is C16H23N3O2. The average molecular weight is 289 g/mol. The number of rotatable bonds is 5. The Morgan fingerprint density at radius 1 is 1.24 bits per heavy atom. The maximum Gasteiger partial charge on any atom is 0.255 e. The molecule has 2 aliphatic rings. The van der Waals surface area contributed by atoms with Crippen molar-refractivity contribution in [2.24, 2.45) is 5.73 Å². The molecule has 1 aromatic rings. The number of nitrogens with zero attached hydrogens (tertiary/aromatic N) is 1. The first kappa shape index (κ1) is 14.4. The van der Waals surface area contributed by atoms with Gasteiger partial charge in [0.05, 0.1) is 0 Å². The van der Waals surface area contributed by atoms with Gasteiger partial charge in [0.1, 0.15) is 5.75 Å². The van der Waals surface area contributed by atoms with Crippen LogP contribution in [-0.4, -0.2) is 42.6 Å². The molecule has 5 nitrogen and oxygen atoms in total. The van der Waals surface area contributed by atoms with Gasteiger partial charge in [0.15, 0.2) is 6.61 Å². The third kappa shape index (κ3) is 3.95. The van der Waals surface area contributed by atoms with E-state index in [0.29, 0.717) is 11.8 Å². The molecule has 3 rings (SSSR count). The highest BCUT2D eigenvalue weighted by atomic mass is 16.5. The lowest BCUT2D eigenvalue weighted by Crippen LogP contribution is -2.34. The van der Waals surface area contributed by atoms with Gasteiger partial charge in [-0.15, -0.1) is 0 Å². The largest absolute Gasteiger partial charge is 0.484 e. The van der Waals surface area contributed by atoms with Crippen molar-refractivity contribution in [3.05, 3.63) is 29.8 Å². The van der Waals surface area contributed by atoms with E-state index in [9.17, 15) is 4.79 Å². The lowest BCUT2D eigenvalue weighted by Gasteiger charge is -2.24. The smallest absolute Gasteiger partial charge is 0.255 e. The summed E-state index contributed by atoms with van der Waals surface area (Å²) in [5.74, 6) is 0.236. The van der Waals surface area contributed by atoms with Crippen molar-refractivity contribution in [3.8, 4) is 5.75 Å². The predicted molar refractivity (Wildman–Crippen MR) is 81.0 cm³/mol. The lowest BCUT2D eigenvalue weighted by atomic mass is 10.1. The molecule has 1 aromatic carbocycles. The van der Waals surface area contributed by atoms with Crippen LogP contribution in [0.25, 0.3) is 0 Å². The Hall–Kier alpha value is -1.59. The van der Waals surface area contributed by atoms with Crippen molar-refractivity contribution in [1.29, 1.82) is 0 Å². The number of hydrogen-bond donors (Lipinski definition) is 2. The highest BCUT2D eigenvalue weighted by molar-refractivity contribution is 5.75. The number of likely N-dealkylation sites (tertiary alicyclic amines) is 1. The summed E-state index contributed by atoms with van der Waals surface area (Å²) in [6, 6.07) is 9.32. The maximum atomic E-state index is 10.7. The minimum Gasteiger partial charge on any atom is -0.484 e. The predicted octanol–water partition coefficient (Wildman–Crippen LogP) is 0.877. The molecule has 2 fully saturated rings. The van der Waals surface area contributed by atoms with Crippen molar-refractivity contribution >= 4 is 5.91 Å². The monoisotopic (exact) mass is 289 g/mol. The van der Waals surface area contributed by atoms with Gasteiger partial charge in [0.2, 0.25) is 0 Å². The number of carbonyl (C=O) groups excluding carboxylic acids is 1. The second-order valence-corrected chi connectivity index (χ2v) is 6.06. The quantitative estimate of drug-likeness (QED) is 0.844. The fraction of sp³-hybridized carbons (Fsp3) is 0.562. The number of primary amides is 1. The molecule has 2 unspecified atom stereocenters. The second kappa shape index (κ2) is 6.45. The van der Waals surface area contributed by atoms with Crippen LogP contribution < -0.4 is 15.8 Å². The highest BCUT2D eigenvalue weighted by Crippen LogP contribution is 2.22. The highest BCUT2D eigenvalue weighted by Gasteiger charge is 2.28. The number of carbonyl (C=O) groups is 1. The first-order valence-electron chi connectivity index (χ1n) is 7.67. The summed E-state index contributed by atoms with van der Waals surface area (Å²) in [4.78, 5) is 13.2. The molecule has 0 radical (unpaired) electrons. The van der Waals surface area contributed by atoms with Crippen molar-refractivity contribution < 1.29 is 9.53 Å². The number of nitrogens with one attached hydrogen (secondary N) is 1. The molecule has 2 saturated heterocycles. The first-order chi connectivity index (χ1) is 10.2. The summed E-state index contributed by atoms with van der Waals surface area (Å²) < 4.78 is 5.27. The van der Waals surface area contributed by atoms with Gasteiger partial charge in [-0.05, 0) is 37.0 Å². The van der Waals surface area contributed by atoms with Crippen LogP contribution in [0.3, 0.4) is 0 Å². The van der Waals surface area contributed by atoms with E-state index in [1.165, 1.54) is 24.8 Å². The zero-order chi connectivity index (χ0) is 14.7. The Morgan fingerprint density at radius 2 is 2.00 bits per heavy atom. The molecule has 0 aromatic heterocycles. The van der Waals surface area contributed by atoms with Crippen LogP contribution >= 0.6 is 0 Å². The standard InChI is InChI=1S/C16H23N3O2/c17-16(20)11-21-15-5-1-12(2-6-15)9-19-8-7-13-3-4-14(10-19)18-13/h1-2,5-6,13-14,18H,3-4,7-11H2,(H2,17,20). The number of benzene rings is 1. The maximum absolute atomic E-state index is 10.7. The van der Waals surface area contributed by atoms with Crippen LogP contribution in [0.15, 0.2) is 24.3 Å². The molecule has 1 amide bonds. The van der Waals surface area contributed by atoms with Crippen LogP contribution in [0, 0.1) is 0 Å². The molecule has 0 spiro atoms. The van der Waals surface area contributed by atoms with Gasteiger partial charge in [-0.3, -0.25) is 9.69 Å². The van der Waals surface area contributed by atoms with Gasteiger partial charge in [0, 0.05) is 31.7 Å². The summed E-state index contributed by atoms with van der Waals surface area (Å²) in [5, 5.41) is 3.70. The van der Waals surface area contributed by atoms with Gasteiger partial charge < -0.3 is 15.8 Å². The van der Waals surface area contributed by atoms with E-state index >= 15 is 0 Å². The topological polar surface area (TPSA) is 67.6 Å². The Kier molecular flexibility index (Phi) is 4.41. The first-order valence-corrected chi connectivity index (χ1v) is 7.67. The second-order valence-electron chi connectivity index (χ2n) is 6.06. The van der Waals surface area contributed by atoms with E-state index in [-0.39, 0.29) is 6.61 Å². The Labute approximate surface area is 125 Å². The van der Waals surface area contributed by atoms with Crippen molar-refractivity contribution in [2.45, 2.75) is 37.9 Å². The molecule has 2 bridgehead atoms. The van der Waals surface area contributed by atoms with Gasteiger partial charge in [0.25, 0.3) is 5.91 Å². The number of amides is 1. The molecular weight excluding hydrogens is 266 g/mol. The third-order valence-electron chi connectivity index (χ3n) is 4.32. The molecule has 114 valence electrons. The molecule has 3 N–H and O–H groups in total. The van der Waals surface area contributed by atoms with Gasteiger partial charge in [-0.1, -0.05) is 12.1 Å². The minimum absolute atomic E-state index is 0.0692. The van der Waals surface area contributed by atoms with E-state index in [4.69, 9.17) is 10.5 Å².